The summed E-state index contributed by atoms with van der Waals surface area (Å²) in [4.78, 5) is 5.37. The van der Waals surface area contributed by atoms with Crippen molar-refractivity contribution in [1.29, 1.82) is 0 Å². The Morgan fingerprint density at radius 1 is 0.929 bits per heavy atom. The predicted octanol–water partition coefficient (Wildman–Crippen LogP) is 9.45. The van der Waals surface area contributed by atoms with Crippen LogP contribution in [0.3, 0.4) is 0 Å². The SMILES string of the molecule is C=C(C)C/C=C(\c1ccc(CN2CCC(C3C=C(C)c4ccccc4N3CC3CC3)CC2)cc1C)c1ccccc1F. The maximum absolute atomic E-state index is 14.8. The van der Waals surface area contributed by atoms with Gasteiger partial charge in [-0.2, -0.15) is 0 Å². The van der Waals surface area contributed by atoms with Gasteiger partial charge >= 0.3 is 0 Å². The molecule has 1 atom stereocenters. The van der Waals surface area contributed by atoms with Gasteiger partial charge in [0.15, 0.2) is 0 Å². The smallest absolute Gasteiger partial charge is 0.131 e. The third-order valence-electron chi connectivity index (χ3n) is 9.49. The minimum atomic E-state index is -0.181. The van der Waals surface area contributed by atoms with Crippen LogP contribution >= 0.6 is 0 Å². The Kier molecular flexibility index (Phi) is 8.49. The molecule has 2 fully saturated rings. The second-order valence-corrected chi connectivity index (χ2v) is 13.0. The van der Waals surface area contributed by atoms with E-state index >= 15 is 0 Å². The van der Waals surface area contributed by atoms with Crippen molar-refractivity contribution in [2.75, 3.05) is 24.5 Å². The summed E-state index contributed by atoms with van der Waals surface area (Å²) in [5.41, 5.74) is 10.6. The van der Waals surface area contributed by atoms with Crippen LogP contribution in [0, 0.1) is 24.6 Å². The highest BCUT2D eigenvalue weighted by Crippen LogP contribution is 2.42. The van der Waals surface area contributed by atoms with Crippen molar-refractivity contribution in [3.8, 4) is 0 Å². The van der Waals surface area contributed by atoms with Crippen LogP contribution in [0.4, 0.5) is 10.1 Å². The zero-order valence-corrected chi connectivity index (χ0v) is 25.6. The zero-order valence-electron chi connectivity index (χ0n) is 25.6. The summed E-state index contributed by atoms with van der Waals surface area (Å²) >= 11 is 0. The Hall–Kier alpha value is -3.43. The average molecular weight is 561 g/mol. The van der Waals surface area contributed by atoms with Crippen LogP contribution in [0.1, 0.15) is 73.8 Å². The molecule has 3 aromatic rings. The van der Waals surface area contributed by atoms with Crippen molar-refractivity contribution in [1.82, 2.24) is 4.90 Å². The number of piperidine rings is 1. The van der Waals surface area contributed by atoms with Crippen molar-refractivity contribution in [2.45, 2.75) is 65.5 Å². The predicted molar refractivity (Wildman–Crippen MR) is 176 cm³/mol. The summed E-state index contributed by atoms with van der Waals surface area (Å²) < 4.78 is 14.8. The van der Waals surface area contributed by atoms with E-state index in [-0.39, 0.29) is 5.82 Å². The van der Waals surface area contributed by atoms with Crippen LogP contribution < -0.4 is 4.90 Å². The third kappa shape index (κ3) is 6.32. The van der Waals surface area contributed by atoms with Gasteiger partial charge in [0.1, 0.15) is 5.82 Å². The largest absolute Gasteiger partial charge is 0.364 e. The highest BCUT2D eigenvalue weighted by molar-refractivity contribution is 5.82. The molecule has 42 heavy (non-hydrogen) atoms. The van der Waals surface area contributed by atoms with E-state index in [9.17, 15) is 4.39 Å². The molecule has 3 aromatic carbocycles. The summed E-state index contributed by atoms with van der Waals surface area (Å²) in [7, 11) is 0. The molecular weight excluding hydrogens is 515 g/mol. The molecule has 1 unspecified atom stereocenters. The van der Waals surface area contributed by atoms with Gasteiger partial charge in [-0.05, 0) is 118 Å². The molecule has 0 N–H and O–H groups in total. The molecule has 0 radical (unpaired) electrons. The summed E-state index contributed by atoms with van der Waals surface area (Å²) in [6.07, 6.45) is 10.7. The monoisotopic (exact) mass is 560 g/mol. The van der Waals surface area contributed by atoms with Crippen molar-refractivity contribution in [3.05, 3.63) is 125 Å². The van der Waals surface area contributed by atoms with E-state index in [0.29, 0.717) is 17.5 Å². The van der Waals surface area contributed by atoms with E-state index in [1.807, 2.05) is 19.1 Å². The van der Waals surface area contributed by atoms with E-state index in [1.165, 1.54) is 60.2 Å². The van der Waals surface area contributed by atoms with Gasteiger partial charge in [-0.25, -0.2) is 4.39 Å². The number of halogens is 1. The lowest BCUT2D eigenvalue weighted by Crippen LogP contribution is -2.47. The number of hydrogen-bond acceptors (Lipinski definition) is 2. The number of benzene rings is 3. The lowest BCUT2D eigenvalue weighted by Gasteiger charge is -2.44. The number of para-hydroxylation sites is 1. The zero-order chi connectivity index (χ0) is 29.2. The first-order valence-electron chi connectivity index (χ1n) is 15.8. The van der Waals surface area contributed by atoms with Gasteiger partial charge in [-0.1, -0.05) is 78.9 Å². The average Bonchev–Trinajstić information content (AvgIpc) is 3.81. The first kappa shape index (κ1) is 28.7. The normalized spacial score (nSPS) is 19.9. The fourth-order valence-corrected chi connectivity index (χ4v) is 7.00. The highest BCUT2D eigenvalue weighted by atomic mass is 19.1. The number of hydrogen-bond donors (Lipinski definition) is 0. The van der Waals surface area contributed by atoms with Crippen LogP contribution in [-0.4, -0.2) is 30.6 Å². The Labute approximate surface area is 252 Å². The number of aryl methyl sites for hydroxylation is 1. The summed E-state index contributed by atoms with van der Waals surface area (Å²) in [5.74, 6) is 1.38. The highest BCUT2D eigenvalue weighted by Gasteiger charge is 2.36. The topological polar surface area (TPSA) is 6.48 Å². The number of allylic oxidation sites excluding steroid dienone is 3. The fourth-order valence-electron chi connectivity index (χ4n) is 7.00. The Morgan fingerprint density at radius 2 is 1.67 bits per heavy atom. The van der Waals surface area contributed by atoms with Gasteiger partial charge in [0.05, 0.1) is 6.04 Å². The molecule has 2 aliphatic heterocycles. The first-order valence-corrected chi connectivity index (χ1v) is 15.8. The molecule has 2 nitrogen and oxygen atoms in total. The van der Waals surface area contributed by atoms with Crippen molar-refractivity contribution in [2.24, 2.45) is 11.8 Å². The molecule has 2 heterocycles. The summed E-state index contributed by atoms with van der Waals surface area (Å²) in [6.45, 7) is 15.0. The van der Waals surface area contributed by atoms with Gasteiger partial charge < -0.3 is 4.90 Å². The number of nitrogens with zero attached hydrogens (tertiary/aromatic N) is 2. The summed E-state index contributed by atoms with van der Waals surface area (Å²) in [5, 5.41) is 0. The molecule has 3 heteroatoms. The van der Waals surface area contributed by atoms with Gasteiger partial charge in [0.2, 0.25) is 0 Å². The number of fused-ring (bicyclic) bond motifs is 1. The van der Waals surface area contributed by atoms with Gasteiger partial charge in [0.25, 0.3) is 0 Å². The second-order valence-electron chi connectivity index (χ2n) is 13.0. The Morgan fingerprint density at radius 3 is 2.38 bits per heavy atom. The fraction of sp³-hybridized carbons (Fsp3) is 0.385. The van der Waals surface area contributed by atoms with E-state index in [1.54, 1.807) is 12.1 Å². The van der Waals surface area contributed by atoms with Crippen molar-refractivity contribution >= 4 is 16.8 Å². The number of likely N-dealkylation sites (tertiary alicyclic amines) is 1. The molecule has 0 amide bonds. The van der Waals surface area contributed by atoms with E-state index in [2.05, 4.69) is 84.8 Å². The molecule has 6 rings (SSSR count). The van der Waals surface area contributed by atoms with Crippen molar-refractivity contribution in [3.63, 3.8) is 0 Å². The summed E-state index contributed by atoms with van der Waals surface area (Å²) in [6, 6.07) is 23.4. The van der Waals surface area contributed by atoms with E-state index < -0.39 is 0 Å². The van der Waals surface area contributed by atoms with Crippen LogP contribution in [0.2, 0.25) is 0 Å². The van der Waals surface area contributed by atoms with E-state index in [4.69, 9.17) is 0 Å². The molecule has 1 aliphatic carbocycles. The molecule has 0 aromatic heterocycles. The van der Waals surface area contributed by atoms with Gasteiger partial charge in [0, 0.05) is 29.9 Å². The van der Waals surface area contributed by atoms with Gasteiger partial charge in [-0.3, -0.25) is 4.90 Å². The Bertz CT molecular complexity index is 1500. The molecule has 1 saturated carbocycles. The lowest BCUT2D eigenvalue weighted by atomic mass is 9.83. The lowest BCUT2D eigenvalue weighted by molar-refractivity contribution is 0.168. The standard InChI is InChI=1S/C39H45FN2/c1-27(2)13-17-35(36-10-5-7-11-37(36)40)33-18-16-31(23-28(33)3)25-41-21-19-32(20-22-41)39-24-29(4)34-9-6-8-12-38(34)42(39)26-30-14-15-30/h5-12,16-18,23-24,30,32,39H,1,13-15,19-22,25-26H2,2-4H3/b35-17+. The van der Waals surface area contributed by atoms with Crippen LogP contribution in [0.25, 0.3) is 11.1 Å². The van der Waals surface area contributed by atoms with E-state index in [0.717, 1.165) is 48.7 Å². The maximum Gasteiger partial charge on any atom is 0.131 e. The van der Waals surface area contributed by atoms with Gasteiger partial charge in [-0.15, -0.1) is 0 Å². The molecule has 0 spiro atoms. The maximum atomic E-state index is 14.8. The number of anilines is 1. The van der Waals surface area contributed by atoms with Crippen LogP contribution in [0.5, 0.6) is 0 Å². The second kappa shape index (κ2) is 12.4. The third-order valence-corrected chi connectivity index (χ3v) is 9.49. The Balaban J connectivity index is 1.14. The first-order chi connectivity index (χ1) is 20.4. The van der Waals surface area contributed by atoms with Crippen molar-refractivity contribution < 1.29 is 4.39 Å². The molecular formula is C39H45FN2. The molecule has 3 aliphatic rings. The number of rotatable bonds is 9. The quantitative estimate of drug-likeness (QED) is 0.241. The minimum Gasteiger partial charge on any atom is -0.364 e. The van der Waals surface area contributed by atoms with Crippen LogP contribution in [-0.2, 0) is 6.54 Å². The molecule has 0 bridgehead atoms. The molecule has 1 saturated heterocycles. The minimum absolute atomic E-state index is 0.181. The molecule has 218 valence electrons. The van der Waals surface area contributed by atoms with Crippen LogP contribution in [0.15, 0.2) is 91.0 Å².